The average molecular weight is 510 g/mol. The zero-order valence-electron chi connectivity index (χ0n) is 19.3. The fourth-order valence-corrected chi connectivity index (χ4v) is 4.14. The maximum absolute atomic E-state index is 12.2. The molecule has 7 nitrogen and oxygen atoms in total. The molecule has 9 heteroatoms. The second kappa shape index (κ2) is 11.8. The van der Waals surface area contributed by atoms with E-state index in [1.807, 2.05) is 62.4 Å². The molecular formula is C26H24ClN3O4S. The second-order valence-corrected chi connectivity index (χ2v) is 8.84. The van der Waals surface area contributed by atoms with E-state index in [1.54, 1.807) is 12.1 Å². The van der Waals surface area contributed by atoms with Gasteiger partial charge in [-0.3, -0.25) is 4.79 Å². The number of nitrogens with one attached hydrogen (secondary N) is 1. The highest BCUT2D eigenvalue weighted by molar-refractivity contribution is 7.99. The van der Waals surface area contributed by atoms with Crippen LogP contribution in [0.3, 0.4) is 0 Å². The Morgan fingerprint density at radius 2 is 1.97 bits per heavy atom. The average Bonchev–Trinajstić information content (AvgIpc) is 3.27. The third kappa shape index (κ3) is 6.55. The molecule has 0 saturated heterocycles. The minimum absolute atomic E-state index is 0.112. The van der Waals surface area contributed by atoms with E-state index in [4.69, 9.17) is 25.5 Å². The van der Waals surface area contributed by atoms with Gasteiger partial charge in [0.2, 0.25) is 0 Å². The smallest absolute Gasteiger partial charge is 0.257 e. The summed E-state index contributed by atoms with van der Waals surface area (Å²) in [5.41, 5.74) is 6.79. The van der Waals surface area contributed by atoms with Crippen molar-refractivity contribution in [2.24, 2.45) is 5.10 Å². The van der Waals surface area contributed by atoms with E-state index in [9.17, 15) is 4.79 Å². The largest absolute Gasteiger partial charge is 0.490 e. The van der Waals surface area contributed by atoms with Crippen molar-refractivity contribution in [2.75, 3.05) is 12.4 Å². The third-order valence-corrected chi connectivity index (χ3v) is 6.08. The van der Waals surface area contributed by atoms with Crippen LogP contribution < -0.4 is 14.9 Å². The van der Waals surface area contributed by atoms with Gasteiger partial charge in [0, 0.05) is 0 Å². The van der Waals surface area contributed by atoms with Gasteiger partial charge in [-0.15, -0.1) is 0 Å². The van der Waals surface area contributed by atoms with Crippen LogP contribution in [0.1, 0.15) is 23.6 Å². The summed E-state index contributed by atoms with van der Waals surface area (Å²) in [5, 5.41) is 4.85. The number of thioether (sulfide) groups is 1. The molecule has 3 aromatic carbocycles. The molecule has 0 aliphatic carbocycles. The molecule has 1 aromatic heterocycles. The molecule has 0 aliphatic heterocycles. The van der Waals surface area contributed by atoms with Crippen molar-refractivity contribution in [3.8, 4) is 11.5 Å². The van der Waals surface area contributed by atoms with E-state index in [2.05, 4.69) is 15.5 Å². The Morgan fingerprint density at radius 3 is 2.77 bits per heavy atom. The summed E-state index contributed by atoms with van der Waals surface area (Å²) in [6, 6.07) is 18.9. The fourth-order valence-electron chi connectivity index (χ4n) is 3.24. The van der Waals surface area contributed by atoms with Crippen LogP contribution in [0.25, 0.3) is 11.1 Å². The highest BCUT2D eigenvalue weighted by atomic mass is 35.5. The van der Waals surface area contributed by atoms with Crippen LogP contribution in [0.5, 0.6) is 11.5 Å². The predicted octanol–water partition coefficient (Wildman–Crippen LogP) is 6.01. The summed E-state index contributed by atoms with van der Waals surface area (Å²) in [5.74, 6) is 0.796. The fraction of sp³-hybridized carbons (Fsp3) is 0.192. The Morgan fingerprint density at radius 1 is 1.17 bits per heavy atom. The van der Waals surface area contributed by atoms with Crippen LogP contribution in [0.15, 0.2) is 75.4 Å². The summed E-state index contributed by atoms with van der Waals surface area (Å²) < 4.78 is 17.3. The second-order valence-electron chi connectivity index (χ2n) is 7.51. The lowest BCUT2D eigenvalue weighted by Crippen LogP contribution is -2.19. The van der Waals surface area contributed by atoms with Crippen molar-refractivity contribution in [2.45, 2.75) is 25.7 Å². The summed E-state index contributed by atoms with van der Waals surface area (Å²) in [6.07, 6.45) is 1.50. The van der Waals surface area contributed by atoms with Crippen molar-refractivity contribution in [3.63, 3.8) is 0 Å². The number of ether oxygens (including phenoxy) is 2. The lowest BCUT2D eigenvalue weighted by Gasteiger charge is -2.15. The molecular weight excluding hydrogens is 486 g/mol. The van der Waals surface area contributed by atoms with Gasteiger partial charge < -0.3 is 13.9 Å². The number of hydrogen-bond donors (Lipinski definition) is 1. The standard InChI is InChI=1S/C26H24ClN3O4S/c1-3-32-23-13-18(12-20(27)25(23)33-15-19-9-5-4-8-17(19)2)14-28-30-24(31)16-35-26-29-21-10-6-7-11-22(21)34-26/h4-14H,3,15-16H2,1-2H3,(H,30,31)/b28-14-. The topological polar surface area (TPSA) is 86.0 Å². The maximum Gasteiger partial charge on any atom is 0.257 e. The molecule has 1 amide bonds. The first-order valence-corrected chi connectivity index (χ1v) is 12.3. The number of nitrogens with zero attached hydrogens (tertiary/aromatic N) is 2. The third-order valence-electron chi connectivity index (χ3n) is 4.97. The molecule has 0 bridgehead atoms. The van der Waals surface area contributed by atoms with Gasteiger partial charge in [0.25, 0.3) is 11.1 Å². The van der Waals surface area contributed by atoms with Crippen molar-refractivity contribution in [1.29, 1.82) is 0 Å². The first kappa shape index (κ1) is 24.6. The van der Waals surface area contributed by atoms with Gasteiger partial charge in [0.1, 0.15) is 12.1 Å². The lowest BCUT2D eigenvalue weighted by atomic mass is 10.1. The minimum atomic E-state index is -0.289. The van der Waals surface area contributed by atoms with E-state index in [-0.39, 0.29) is 11.7 Å². The summed E-state index contributed by atoms with van der Waals surface area (Å²) in [4.78, 5) is 16.5. The number of fused-ring (bicyclic) bond motifs is 1. The molecule has 35 heavy (non-hydrogen) atoms. The summed E-state index contributed by atoms with van der Waals surface area (Å²) >= 11 is 7.69. The van der Waals surface area contributed by atoms with Crippen LogP contribution in [-0.2, 0) is 11.4 Å². The van der Waals surface area contributed by atoms with Crippen LogP contribution in [0.2, 0.25) is 5.02 Å². The van der Waals surface area contributed by atoms with Crippen LogP contribution >= 0.6 is 23.4 Å². The number of para-hydroxylation sites is 2. The highest BCUT2D eigenvalue weighted by Crippen LogP contribution is 2.37. The molecule has 0 aliphatic rings. The number of oxazole rings is 1. The van der Waals surface area contributed by atoms with E-state index in [0.717, 1.165) is 16.6 Å². The van der Waals surface area contributed by atoms with Crippen molar-refractivity contribution >= 4 is 46.6 Å². The minimum Gasteiger partial charge on any atom is -0.490 e. The quantitative estimate of drug-likeness (QED) is 0.160. The number of carbonyl (C=O) groups excluding carboxylic acids is 1. The Balaban J connectivity index is 1.36. The number of rotatable bonds is 10. The van der Waals surface area contributed by atoms with Gasteiger partial charge in [-0.2, -0.15) is 5.10 Å². The van der Waals surface area contributed by atoms with Gasteiger partial charge in [0.05, 0.1) is 23.6 Å². The molecule has 1 heterocycles. The maximum atomic E-state index is 12.2. The monoisotopic (exact) mass is 509 g/mol. The van der Waals surface area contributed by atoms with E-state index >= 15 is 0 Å². The van der Waals surface area contributed by atoms with Gasteiger partial charge in [-0.1, -0.05) is 59.8 Å². The van der Waals surface area contributed by atoms with Crippen molar-refractivity contribution in [1.82, 2.24) is 10.4 Å². The number of carbonyl (C=O) groups is 1. The van der Waals surface area contributed by atoms with Crippen LogP contribution in [0.4, 0.5) is 0 Å². The number of aromatic nitrogens is 1. The van der Waals surface area contributed by atoms with E-state index < -0.39 is 0 Å². The van der Waals surface area contributed by atoms with Crippen molar-refractivity contribution in [3.05, 3.63) is 82.4 Å². The number of halogens is 1. The van der Waals surface area contributed by atoms with Gasteiger partial charge in [0.15, 0.2) is 17.1 Å². The van der Waals surface area contributed by atoms with E-state index in [0.29, 0.717) is 46.1 Å². The molecule has 0 spiro atoms. The number of amides is 1. The SMILES string of the molecule is CCOc1cc(/C=N\NC(=O)CSc2nc3ccccc3o2)cc(Cl)c1OCc1ccccc1C. The Kier molecular flexibility index (Phi) is 8.28. The van der Waals surface area contributed by atoms with Gasteiger partial charge in [-0.05, 0) is 54.8 Å². The molecule has 0 saturated carbocycles. The molecule has 0 atom stereocenters. The van der Waals surface area contributed by atoms with Crippen LogP contribution in [0, 0.1) is 6.92 Å². The van der Waals surface area contributed by atoms with Gasteiger partial charge >= 0.3 is 0 Å². The number of aryl methyl sites for hydroxylation is 1. The summed E-state index contributed by atoms with van der Waals surface area (Å²) in [6.45, 7) is 4.73. The number of benzene rings is 3. The molecule has 1 N–H and O–H groups in total. The molecule has 180 valence electrons. The highest BCUT2D eigenvalue weighted by Gasteiger charge is 2.13. The molecule has 0 fully saturated rings. The van der Waals surface area contributed by atoms with Crippen LogP contribution in [-0.4, -0.2) is 29.5 Å². The first-order chi connectivity index (χ1) is 17.0. The lowest BCUT2D eigenvalue weighted by molar-refractivity contribution is -0.118. The molecule has 0 unspecified atom stereocenters. The summed E-state index contributed by atoms with van der Waals surface area (Å²) in [7, 11) is 0. The zero-order valence-corrected chi connectivity index (χ0v) is 20.9. The normalized spacial score (nSPS) is 11.2. The van der Waals surface area contributed by atoms with Gasteiger partial charge in [-0.25, -0.2) is 10.4 Å². The Labute approximate surface area is 212 Å². The number of hydrazone groups is 1. The first-order valence-electron chi connectivity index (χ1n) is 11.0. The van der Waals surface area contributed by atoms with E-state index in [1.165, 1.54) is 18.0 Å². The number of hydrogen-bond acceptors (Lipinski definition) is 7. The zero-order chi connectivity index (χ0) is 24.6. The molecule has 0 radical (unpaired) electrons. The predicted molar refractivity (Wildman–Crippen MR) is 139 cm³/mol. The Hall–Kier alpha value is -3.49. The molecule has 4 rings (SSSR count). The Bertz CT molecular complexity index is 1320. The van der Waals surface area contributed by atoms with Crippen molar-refractivity contribution < 1.29 is 18.7 Å². The molecule has 4 aromatic rings.